The van der Waals surface area contributed by atoms with Crippen LogP contribution in [0.5, 0.6) is 17.2 Å². The second-order valence-electron chi connectivity index (χ2n) is 11.9. The highest BCUT2D eigenvalue weighted by Gasteiger charge is 2.38. The molecule has 0 amide bonds. The summed E-state index contributed by atoms with van der Waals surface area (Å²) >= 11 is 0. The van der Waals surface area contributed by atoms with Gasteiger partial charge in [-0.15, -0.1) is 5.92 Å². The Morgan fingerprint density at radius 2 is 1.85 bits per heavy atom. The number of aliphatic hydroxyl groups excluding tert-OH is 3. The minimum absolute atomic E-state index is 0.0137. The summed E-state index contributed by atoms with van der Waals surface area (Å²) in [7, 11) is 1.50. The number of hydrogen-bond donors (Lipinski definition) is 5. The third-order valence-electron chi connectivity index (χ3n) is 9.63. The van der Waals surface area contributed by atoms with Crippen molar-refractivity contribution in [3.8, 4) is 40.2 Å². The molecule has 41 heavy (non-hydrogen) atoms. The van der Waals surface area contributed by atoms with Gasteiger partial charge in [0, 0.05) is 23.3 Å². The highest BCUT2D eigenvalue weighted by Crippen LogP contribution is 2.45. The molecule has 2 bridgehead atoms. The Morgan fingerprint density at radius 1 is 1.02 bits per heavy atom. The highest BCUT2D eigenvalue weighted by molar-refractivity contribution is 5.92. The van der Waals surface area contributed by atoms with Crippen molar-refractivity contribution in [3.63, 3.8) is 0 Å². The van der Waals surface area contributed by atoms with E-state index >= 15 is 0 Å². The van der Waals surface area contributed by atoms with E-state index in [1.807, 2.05) is 24.3 Å². The summed E-state index contributed by atoms with van der Waals surface area (Å²) in [5, 5.41) is 55.5. The molecular weight excluding hydrogens is 516 g/mol. The van der Waals surface area contributed by atoms with Crippen molar-refractivity contribution >= 4 is 10.8 Å². The molecule has 0 aromatic heterocycles. The molecular formula is C35H42O6. The largest absolute Gasteiger partial charge is 0.508 e. The van der Waals surface area contributed by atoms with Crippen LogP contribution in [0.3, 0.4) is 0 Å². The van der Waals surface area contributed by atoms with Gasteiger partial charge >= 0.3 is 0 Å². The molecule has 5 atom stereocenters. The SMILES string of the molecule is CC[C@@]12C#CC[C@H]([C@H](O)CCc3ccc(O)c(OC)c3-c3cc4ccc(O)cc4cc3CO)[C@@H](O)C(CCC1)CC2. The van der Waals surface area contributed by atoms with Crippen molar-refractivity contribution in [3.05, 3.63) is 53.6 Å². The second-order valence-corrected chi connectivity index (χ2v) is 11.9. The monoisotopic (exact) mass is 558 g/mol. The van der Waals surface area contributed by atoms with Crippen molar-refractivity contribution in [2.45, 2.75) is 83.5 Å². The van der Waals surface area contributed by atoms with Crippen LogP contribution in [0.15, 0.2) is 42.5 Å². The summed E-state index contributed by atoms with van der Waals surface area (Å²) in [6.07, 6.45) is 6.09. The maximum absolute atomic E-state index is 11.5. The van der Waals surface area contributed by atoms with Gasteiger partial charge in [0.1, 0.15) is 5.75 Å². The van der Waals surface area contributed by atoms with E-state index in [9.17, 15) is 25.5 Å². The van der Waals surface area contributed by atoms with Gasteiger partial charge in [0.25, 0.3) is 0 Å². The van der Waals surface area contributed by atoms with Gasteiger partial charge < -0.3 is 30.3 Å². The van der Waals surface area contributed by atoms with E-state index in [0.29, 0.717) is 36.1 Å². The molecule has 1 saturated carbocycles. The number of benzene rings is 3. The van der Waals surface area contributed by atoms with Crippen molar-refractivity contribution in [2.24, 2.45) is 17.3 Å². The lowest BCUT2D eigenvalue weighted by Gasteiger charge is -2.31. The molecule has 0 aliphatic heterocycles. The smallest absolute Gasteiger partial charge is 0.168 e. The van der Waals surface area contributed by atoms with E-state index in [-0.39, 0.29) is 35.4 Å². The van der Waals surface area contributed by atoms with Crippen LogP contribution in [0, 0.1) is 29.1 Å². The zero-order valence-electron chi connectivity index (χ0n) is 24.1. The number of methoxy groups -OCH3 is 1. The van der Waals surface area contributed by atoms with Gasteiger partial charge in [-0.1, -0.05) is 31.4 Å². The summed E-state index contributed by atoms with van der Waals surface area (Å²) in [5.74, 6) is 7.19. The molecule has 6 nitrogen and oxygen atoms in total. The lowest BCUT2D eigenvalue weighted by Crippen LogP contribution is -2.37. The Bertz CT molecular complexity index is 1450. The summed E-state index contributed by atoms with van der Waals surface area (Å²) in [4.78, 5) is 0. The van der Waals surface area contributed by atoms with Crippen LogP contribution in [-0.2, 0) is 13.0 Å². The van der Waals surface area contributed by atoms with E-state index in [2.05, 4.69) is 18.8 Å². The van der Waals surface area contributed by atoms with Crippen molar-refractivity contribution in [1.82, 2.24) is 0 Å². The van der Waals surface area contributed by atoms with E-state index < -0.39 is 12.2 Å². The van der Waals surface area contributed by atoms with Crippen LogP contribution < -0.4 is 4.74 Å². The average Bonchev–Trinajstić information content (AvgIpc) is 3.17. The maximum atomic E-state index is 11.5. The van der Waals surface area contributed by atoms with Gasteiger partial charge in [-0.25, -0.2) is 0 Å². The molecule has 5 rings (SSSR count). The first kappa shape index (κ1) is 29.3. The molecule has 0 heterocycles. The summed E-state index contributed by atoms with van der Waals surface area (Å²) in [6.45, 7) is 1.97. The van der Waals surface area contributed by atoms with Gasteiger partial charge in [0.2, 0.25) is 0 Å². The summed E-state index contributed by atoms with van der Waals surface area (Å²) in [5.41, 5.74) is 2.91. The number of aryl methyl sites for hydroxylation is 1. The van der Waals surface area contributed by atoms with Crippen LogP contribution in [-0.4, -0.2) is 44.9 Å². The molecule has 0 radical (unpaired) electrons. The van der Waals surface area contributed by atoms with Crippen molar-refractivity contribution in [2.75, 3.05) is 7.11 Å². The molecule has 2 aliphatic rings. The molecule has 6 heteroatoms. The predicted molar refractivity (Wildman–Crippen MR) is 161 cm³/mol. The number of ether oxygens (including phenoxy) is 1. The highest BCUT2D eigenvalue weighted by atomic mass is 16.5. The first-order chi connectivity index (χ1) is 19.8. The number of hydrogen-bond acceptors (Lipinski definition) is 6. The number of phenols is 2. The summed E-state index contributed by atoms with van der Waals surface area (Å²) < 4.78 is 5.66. The van der Waals surface area contributed by atoms with Crippen LogP contribution in [0.4, 0.5) is 0 Å². The molecule has 3 aromatic carbocycles. The minimum atomic E-state index is -0.750. The molecule has 0 saturated heterocycles. The topological polar surface area (TPSA) is 110 Å². The lowest BCUT2D eigenvalue weighted by molar-refractivity contribution is -0.0231. The Morgan fingerprint density at radius 3 is 2.61 bits per heavy atom. The fourth-order valence-corrected chi connectivity index (χ4v) is 7.07. The van der Waals surface area contributed by atoms with E-state index in [0.717, 1.165) is 60.4 Å². The van der Waals surface area contributed by atoms with E-state index in [1.165, 1.54) is 7.11 Å². The zero-order chi connectivity index (χ0) is 29.1. The molecule has 2 aliphatic carbocycles. The quantitative estimate of drug-likeness (QED) is 0.215. The second kappa shape index (κ2) is 12.3. The molecule has 1 fully saturated rings. The van der Waals surface area contributed by atoms with Crippen molar-refractivity contribution in [1.29, 1.82) is 0 Å². The Labute approximate surface area is 242 Å². The number of phenolic OH excluding ortho intramolecular Hbond substituents is 2. The van der Waals surface area contributed by atoms with E-state index in [1.54, 1.807) is 18.2 Å². The normalized spacial score (nSPS) is 25.0. The number of rotatable bonds is 8. The number of aliphatic hydroxyl groups is 3. The standard InChI is InChI=1S/C35H42O6/c1-3-35-15-4-6-23(14-17-35)33(40)28(7-5-16-35)30(38)12-9-22-10-13-31(39)34(41-2)32(22)29-20-24-8-11-27(37)19-25(24)18-26(29)21-36/h8,10-11,13,18-20,23,28,30,33,36-40H,3-4,6-7,9,12,14-15,17,21H2,1-2H3/t23?,28-,30-,33+,35+/m1/s1. The molecule has 5 N–H and O–H groups in total. The average molecular weight is 559 g/mol. The molecule has 218 valence electrons. The van der Waals surface area contributed by atoms with Gasteiger partial charge in [-0.3, -0.25) is 0 Å². The zero-order valence-corrected chi connectivity index (χ0v) is 24.1. The third-order valence-corrected chi connectivity index (χ3v) is 9.63. The fourth-order valence-electron chi connectivity index (χ4n) is 7.07. The van der Waals surface area contributed by atoms with Crippen LogP contribution in [0.25, 0.3) is 21.9 Å². The van der Waals surface area contributed by atoms with Gasteiger partial charge in [-0.2, -0.15) is 0 Å². The maximum Gasteiger partial charge on any atom is 0.168 e. The van der Waals surface area contributed by atoms with Crippen molar-refractivity contribution < 1.29 is 30.3 Å². The van der Waals surface area contributed by atoms with Crippen LogP contribution >= 0.6 is 0 Å². The third kappa shape index (κ3) is 5.90. The number of aromatic hydroxyl groups is 2. The Hall–Kier alpha value is -3.24. The first-order valence-corrected chi connectivity index (χ1v) is 14.9. The molecule has 0 spiro atoms. The Kier molecular flexibility index (Phi) is 8.79. The number of fused-ring (bicyclic) bond motifs is 4. The van der Waals surface area contributed by atoms with Gasteiger partial charge in [0.05, 0.1) is 25.9 Å². The van der Waals surface area contributed by atoms with E-state index in [4.69, 9.17) is 4.74 Å². The lowest BCUT2D eigenvalue weighted by atomic mass is 9.78. The predicted octanol–water partition coefficient (Wildman–Crippen LogP) is 6.07. The van der Waals surface area contributed by atoms with Crippen LogP contribution in [0.1, 0.15) is 69.4 Å². The molecule has 1 unspecified atom stereocenters. The van der Waals surface area contributed by atoms with Crippen LogP contribution in [0.2, 0.25) is 0 Å². The van der Waals surface area contributed by atoms with Gasteiger partial charge in [-0.05, 0) is 109 Å². The molecule has 3 aromatic rings. The fraction of sp³-hybridized carbons (Fsp3) is 0.486. The first-order valence-electron chi connectivity index (χ1n) is 14.9. The minimum Gasteiger partial charge on any atom is -0.508 e. The summed E-state index contributed by atoms with van der Waals surface area (Å²) in [6, 6.07) is 12.3. The van der Waals surface area contributed by atoms with Gasteiger partial charge in [0.15, 0.2) is 11.5 Å². The Balaban J connectivity index is 1.47.